The fourth-order valence-electron chi connectivity index (χ4n) is 3.01. The van der Waals surface area contributed by atoms with Gasteiger partial charge < -0.3 is 15.2 Å². The van der Waals surface area contributed by atoms with Crippen LogP contribution in [-0.2, 0) is 7.05 Å². The molecule has 148 valence electrons. The van der Waals surface area contributed by atoms with E-state index in [4.69, 9.17) is 4.52 Å². The molecule has 0 saturated heterocycles. The lowest BCUT2D eigenvalue weighted by Gasteiger charge is -2.04. The zero-order valence-electron chi connectivity index (χ0n) is 15.8. The van der Waals surface area contributed by atoms with Crippen LogP contribution >= 0.6 is 0 Å². The number of rotatable bonds is 5. The maximum Gasteiger partial charge on any atom is 0.268 e. The highest BCUT2D eigenvalue weighted by molar-refractivity contribution is 6.04. The Bertz CT molecular complexity index is 1350. The topological polar surface area (TPSA) is 127 Å². The first-order valence-corrected chi connectivity index (χ1v) is 9.08. The molecular weight excluding hydrogens is 384 g/mol. The van der Waals surface area contributed by atoms with Gasteiger partial charge in [0.1, 0.15) is 0 Å². The van der Waals surface area contributed by atoms with Gasteiger partial charge in [0.25, 0.3) is 17.7 Å². The Morgan fingerprint density at radius 3 is 2.93 bits per heavy atom. The van der Waals surface area contributed by atoms with Crippen molar-refractivity contribution in [3.8, 4) is 11.5 Å². The Labute approximate surface area is 169 Å². The highest BCUT2D eigenvalue weighted by atomic mass is 16.5. The van der Waals surface area contributed by atoms with E-state index in [0.717, 1.165) is 16.6 Å². The second-order valence-corrected chi connectivity index (χ2v) is 6.66. The van der Waals surface area contributed by atoms with E-state index in [1.807, 2.05) is 24.3 Å². The first-order valence-electron chi connectivity index (χ1n) is 9.08. The molecule has 0 radical (unpaired) electrons. The molecule has 2 aromatic carbocycles. The minimum Gasteiger partial charge on any atom is -0.332 e. The summed E-state index contributed by atoms with van der Waals surface area (Å²) in [5.74, 6) is 0.416. The number of amides is 1. The van der Waals surface area contributed by atoms with Crippen molar-refractivity contribution in [3.63, 3.8) is 0 Å². The molecule has 0 spiro atoms. The summed E-state index contributed by atoms with van der Waals surface area (Å²) in [5.41, 5.74) is 3.53. The van der Waals surface area contributed by atoms with Crippen LogP contribution in [0.4, 0.5) is 17.3 Å². The molecule has 10 nitrogen and oxygen atoms in total. The van der Waals surface area contributed by atoms with Crippen LogP contribution in [0.5, 0.6) is 0 Å². The second-order valence-electron chi connectivity index (χ2n) is 6.66. The monoisotopic (exact) mass is 400 g/mol. The van der Waals surface area contributed by atoms with Gasteiger partial charge in [0.2, 0.25) is 0 Å². The van der Waals surface area contributed by atoms with E-state index in [1.54, 1.807) is 42.3 Å². The molecule has 5 rings (SSSR count). The summed E-state index contributed by atoms with van der Waals surface area (Å²) in [6.45, 7) is 0. The Kier molecular flexibility index (Phi) is 4.21. The molecular formula is C20H16N8O2. The first kappa shape index (κ1) is 17.6. The van der Waals surface area contributed by atoms with Crippen LogP contribution in [-0.4, -0.2) is 36.0 Å². The minimum absolute atomic E-state index is 0.247. The Balaban J connectivity index is 1.33. The summed E-state index contributed by atoms with van der Waals surface area (Å²) in [6, 6.07) is 12.9. The van der Waals surface area contributed by atoms with Crippen molar-refractivity contribution in [3.05, 3.63) is 66.6 Å². The maximum atomic E-state index is 12.3. The van der Waals surface area contributed by atoms with Crippen molar-refractivity contribution in [2.45, 2.75) is 0 Å². The number of anilines is 3. The van der Waals surface area contributed by atoms with Gasteiger partial charge in [0, 0.05) is 35.6 Å². The van der Waals surface area contributed by atoms with Gasteiger partial charge in [-0.3, -0.25) is 14.6 Å². The number of benzene rings is 2. The number of nitrogens with one attached hydrogen (secondary N) is 3. The maximum absolute atomic E-state index is 12.3. The van der Waals surface area contributed by atoms with Gasteiger partial charge in [-0.2, -0.15) is 15.2 Å². The van der Waals surface area contributed by atoms with Crippen molar-refractivity contribution in [1.82, 2.24) is 30.1 Å². The second kappa shape index (κ2) is 7.17. The summed E-state index contributed by atoms with van der Waals surface area (Å²) in [7, 11) is 1.76. The lowest BCUT2D eigenvalue weighted by Crippen LogP contribution is -2.11. The molecule has 0 fully saturated rings. The molecule has 3 aromatic heterocycles. The number of hydrogen-bond acceptors (Lipinski definition) is 7. The molecule has 0 bridgehead atoms. The number of carbonyl (C=O) groups excluding carboxylic acids is 1. The van der Waals surface area contributed by atoms with E-state index in [-0.39, 0.29) is 5.91 Å². The van der Waals surface area contributed by atoms with E-state index in [0.29, 0.717) is 28.7 Å². The number of hydrogen-bond donors (Lipinski definition) is 3. The molecule has 0 aliphatic rings. The Morgan fingerprint density at radius 1 is 1.13 bits per heavy atom. The Hall–Kier alpha value is -4.47. The third-order valence-corrected chi connectivity index (χ3v) is 4.46. The van der Waals surface area contributed by atoms with Crippen molar-refractivity contribution in [1.29, 1.82) is 0 Å². The third kappa shape index (κ3) is 3.49. The molecule has 10 heteroatoms. The number of nitrogens with zero attached hydrogens (tertiary/aromatic N) is 5. The van der Waals surface area contributed by atoms with E-state index in [9.17, 15) is 4.79 Å². The van der Waals surface area contributed by atoms with Crippen LogP contribution in [0.1, 0.15) is 10.4 Å². The van der Waals surface area contributed by atoms with Crippen LogP contribution in [0.15, 0.2) is 65.6 Å². The number of aromatic nitrogens is 6. The van der Waals surface area contributed by atoms with E-state index >= 15 is 0 Å². The number of fused-ring (bicyclic) bond motifs is 1. The highest BCUT2D eigenvalue weighted by Gasteiger charge is 2.12. The SMILES string of the molecule is Cn1cc(C(=O)Nc2cccc(-c3nc(Nc4ccc5[nH]ncc5c4)no3)c2)cn1. The zero-order valence-corrected chi connectivity index (χ0v) is 15.8. The van der Waals surface area contributed by atoms with Crippen LogP contribution in [0.3, 0.4) is 0 Å². The number of aryl methyl sites for hydroxylation is 1. The quantitative estimate of drug-likeness (QED) is 0.413. The fourth-order valence-corrected chi connectivity index (χ4v) is 3.01. The molecule has 3 heterocycles. The van der Waals surface area contributed by atoms with Gasteiger partial charge in [-0.15, -0.1) is 0 Å². The molecule has 0 aliphatic heterocycles. The molecule has 0 atom stereocenters. The summed E-state index contributed by atoms with van der Waals surface area (Å²) < 4.78 is 6.95. The summed E-state index contributed by atoms with van der Waals surface area (Å²) in [4.78, 5) is 16.7. The van der Waals surface area contributed by atoms with Crippen molar-refractivity contribution >= 4 is 34.1 Å². The summed E-state index contributed by atoms with van der Waals surface area (Å²) >= 11 is 0. The average molecular weight is 400 g/mol. The van der Waals surface area contributed by atoms with Gasteiger partial charge in [-0.1, -0.05) is 6.07 Å². The predicted molar refractivity (Wildman–Crippen MR) is 110 cm³/mol. The predicted octanol–water partition coefficient (Wildman–Crippen LogP) is 3.34. The molecule has 3 N–H and O–H groups in total. The molecule has 0 aliphatic carbocycles. The van der Waals surface area contributed by atoms with Crippen LogP contribution in [0.25, 0.3) is 22.4 Å². The third-order valence-electron chi connectivity index (χ3n) is 4.46. The van der Waals surface area contributed by atoms with Crippen LogP contribution in [0.2, 0.25) is 0 Å². The number of carbonyl (C=O) groups is 1. The van der Waals surface area contributed by atoms with Gasteiger partial charge in [0.15, 0.2) is 0 Å². The molecule has 30 heavy (non-hydrogen) atoms. The Morgan fingerprint density at radius 2 is 2.07 bits per heavy atom. The minimum atomic E-state index is -0.247. The van der Waals surface area contributed by atoms with Gasteiger partial charge in [-0.05, 0) is 41.6 Å². The first-order chi connectivity index (χ1) is 14.6. The van der Waals surface area contributed by atoms with Gasteiger partial charge >= 0.3 is 0 Å². The molecule has 5 aromatic rings. The summed E-state index contributed by atoms with van der Waals surface area (Å²) in [5, 5.41) is 21.8. The van der Waals surface area contributed by atoms with E-state index in [1.165, 1.54) is 6.20 Å². The van der Waals surface area contributed by atoms with E-state index in [2.05, 4.69) is 36.1 Å². The summed E-state index contributed by atoms with van der Waals surface area (Å²) in [6.07, 6.45) is 4.90. The number of H-pyrrole nitrogens is 1. The van der Waals surface area contributed by atoms with Crippen molar-refractivity contribution < 1.29 is 9.32 Å². The number of aromatic amines is 1. The molecule has 1 amide bonds. The lowest BCUT2D eigenvalue weighted by molar-refractivity contribution is 0.102. The molecule has 0 unspecified atom stereocenters. The molecule has 0 saturated carbocycles. The normalized spacial score (nSPS) is 11.0. The lowest BCUT2D eigenvalue weighted by atomic mass is 10.2. The van der Waals surface area contributed by atoms with E-state index < -0.39 is 0 Å². The average Bonchev–Trinajstić information content (AvgIpc) is 3.49. The fraction of sp³-hybridized carbons (Fsp3) is 0.0500. The van der Waals surface area contributed by atoms with Crippen LogP contribution < -0.4 is 10.6 Å². The zero-order chi connectivity index (χ0) is 20.5. The van der Waals surface area contributed by atoms with Gasteiger partial charge in [-0.25, -0.2) is 0 Å². The smallest absolute Gasteiger partial charge is 0.268 e. The van der Waals surface area contributed by atoms with Crippen LogP contribution in [0, 0.1) is 0 Å². The highest BCUT2D eigenvalue weighted by Crippen LogP contribution is 2.24. The van der Waals surface area contributed by atoms with Gasteiger partial charge in [0.05, 0.1) is 23.5 Å². The standard InChI is InChI=1S/C20H16N8O2/c1-28-11-14(10-22-28)18(29)23-15-4-2-3-12(7-15)19-25-20(27-30-19)24-16-5-6-17-13(8-16)9-21-26-17/h2-11H,1H3,(H,21,26)(H,23,29)(H,24,27). The van der Waals surface area contributed by atoms with Crippen molar-refractivity contribution in [2.24, 2.45) is 7.05 Å². The van der Waals surface area contributed by atoms with Crippen molar-refractivity contribution in [2.75, 3.05) is 10.6 Å². The largest absolute Gasteiger partial charge is 0.332 e.